The van der Waals surface area contributed by atoms with E-state index >= 15 is 0 Å². The van der Waals surface area contributed by atoms with E-state index in [4.69, 9.17) is 14.6 Å². The fourth-order valence-electron chi connectivity index (χ4n) is 1.50. The van der Waals surface area contributed by atoms with Gasteiger partial charge in [0.25, 0.3) is 0 Å². The van der Waals surface area contributed by atoms with Crippen LogP contribution in [0, 0.1) is 5.92 Å². The van der Waals surface area contributed by atoms with Crippen molar-refractivity contribution in [2.45, 2.75) is 18.9 Å². The van der Waals surface area contributed by atoms with Gasteiger partial charge in [0.15, 0.2) is 0 Å². The lowest BCUT2D eigenvalue weighted by atomic mass is 9.95. The Balaban J connectivity index is 2.41. The van der Waals surface area contributed by atoms with Crippen molar-refractivity contribution >= 4 is 5.97 Å². The van der Waals surface area contributed by atoms with E-state index < -0.39 is 5.97 Å². The SMILES string of the molecule is COC1CCOCC1CC(=O)O. The highest BCUT2D eigenvalue weighted by atomic mass is 16.5. The van der Waals surface area contributed by atoms with Gasteiger partial charge >= 0.3 is 5.97 Å². The van der Waals surface area contributed by atoms with Crippen LogP contribution in [0.3, 0.4) is 0 Å². The summed E-state index contributed by atoms with van der Waals surface area (Å²) in [4.78, 5) is 10.4. The first-order chi connectivity index (χ1) is 5.74. The van der Waals surface area contributed by atoms with Crippen LogP contribution in [0.4, 0.5) is 0 Å². The second-order valence-electron chi connectivity index (χ2n) is 3.00. The molecule has 0 aromatic rings. The van der Waals surface area contributed by atoms with E-state index in [2.05, 4.69) is 0 Å². The van der Waals surface area contributed by atoms with Crippen molar-refractivity contribution in [3.05, 3.63) is 0 Å². The smallest absolute Gasteiger partial charge is 0.303 e. The minimum atomic E-state index is -0.785. The number of hydrogen-bond donors (Lipinski definition) is 1. The quantitative estimate of drug-likeness (QED) is 0.677. The number of methoxy groups -OCH3 is 1. The Kier molecular flexibility index (Phi) is 3.49. The summed E-state index contributed by atoms with van der Waals surface area (Å²) in [7, 11) is 1.62. The standard InChI is InChI=1S/C8H14O4/c1-11-7-2-3-12-5-6(7)4-8(9)10/h6-7H,2-5H2,1H3,(H,9,10). The molecule has 1 saturated heterocycles. The minimum absolute atomic E-state index is 0.0150. The summed E-state index contributed by atoms with van der Waals surface area (Å²) in [6.07, 6.45) is 0.988. The van der Waals surface area contributed by atoms with E-state index in [0.29, 0.717) is 13.2 Å². The van der Waals surface area contributed by atoms with E-state index in [1.807, 2.05) is 0 Å². The maximum atomic E-state index is 10.4. The number of ether oxygens (including phenoxy) is 2. The molecule has 1 aliphatic heterocycles. The fraction of sp³-hybridized carbons (Fsp3) is 0.875. The number of hydrogen-bond acceptors (Lipinski definition) is 3. The van der Waals surface area contributed by atoms with Crippen molar-refractivity contribution in [1.29, 1.82) is 0 Å². The molecule has 1 aliphatic rings. The Labute approximate surface area is 71.5 Å². The third-order valence-corrected chi connectivity index (χ3v) is 2.14. The van der Waals surface area contributed by atoms with E-state index in [-0.39, 0.29) is 18.4 Å². The normalized spacial score (nSPS) is 30.1. The van der Waals surface area contributed by atoms with E-state index in [1.165, 1.54) is 0 Å². The molecule has 1 heterocycles. The third kappa shape index (κ3) is 2.46. The zero-order valence-corrected chi connectivity index (χ0v) is 7.16. The Morgan fingerprint density at radius 1 is 1.75 bits per heavy atom. The van der Waals surface area contributed by atoms with Crippen molar-refractivity contribution in [2.24, 2.45) is 5.92 Å². The van der Waals surface area contributed by atoms with Crippen LogP contribution in [0.25, 0.3) is 0 Å². The van der Waals surface area contributed by atoms with Crippen LogP contribution in [-0.4, -0.2) is 37.5 Å². The highest BCUT2D eigenvalue weighted by Crippen LogP contribution is 2.20. The maximum Gasteiger partial charge on any atom is 0.303 e. The van der Waals surface area contributed by atoms with Crippen molar-refractivity contribution in [3.63, 3.8) is 0 Å². The second kappa shape index (κ2) is 4.42. The number of carbonyl (C=O) groups is 1. The van der Waals surface area contributed by atoms with Crippen LogP contribution in [0.15, 0.2) is 0 Å². The summed E-state index contributed by atoms with van der Waals surface area (Å²) < 4.78 is 10.3. The van der Waals surface area contributed by atoms with Gasteiger partial charge < -0.3 is 14.6 Å². The molecule has 0 aromatic carbocycles. The molecule has 0 aromatic heterocycles. The summed E-state index contributed by atoms with van der Waals surface area (Å²) in [6.45, 7) is 1.18. The Morgan fingerprint density at radius 3 is 3.08 bits per heavy atom. The molecule has 1 N–H and O–H groups in total. The number of aliphatic carboxylic acids is 1. The molecule has 1 rings (SSSR count). The van der Waals surface area contributed by atoms with Gasteiger partial charge in [-0.2, -0.15) is 0 Å². The van der Waals surface area contributed by atoms with Crippen LogP contribution < -0.4 is 0 Å². The highest BCUT2D eigenvalue weighted by molar-refractivity contribution is 5.67. The summed E-state index contributed by atoms with van der Waals surface area (Å²) in [5, 5.41) is 8.57. The topological polar surface area (TPSA) is 55.8 Å². The van der Waals surface area contributed by atoms with Crippen LogP contribution >= 0.6 is 0 Å². The molecule has 1 fully saturated rings. The molecular formula is C8H14O4. The summed E-state index contributed by atoms with van der Waals surface area (Å²) >= 11 is 0. The molecular weight excluding hydrogens is 160 g/mol. The average Bonchev–Trinajstić information content (AvgIpc) is 2.04. The van der Waals surface area contributed by atoms with E-state index in [9.17, 15) is 4.79 Å². The number of carboxylic acid groups (broad SMARTS) is 1. The van der Waals surface area contributed by atoms with Crippen LogP contribution in [0.2, 0.25) is 0 Å². The number of rotatable bonds is 3. The lowest BCUT2D eigenvalue weighted by molar-refractivity contribution is -0.142. The van der Waals surface area contributed by atoms with Gasteiger partial charge in [0.1, 0.15) is 0 Å². The molecule has 70 valence electrons. The molecule has 2 unspecified atom stereocenters. The maximum absolute atomic E-state index is 10.4. The fourth-order valence-corrected chi connectivity index (χ4v) is 1.50. The lowest BCUT2D eigenvalue weighted by Crippen LogP contribution is -2.34. The van der Waals surface area contributed by atoms with Crippen molar-refractivity contribution in [3.8, 4) is 0 Å². The predicted molar refractivity (Wildman–Crippen MR) is 42.0 cm³/mol. The molecule has 0 bridgehead atoms. The van der Waals surface area contributed by atoms with Gasteiger partial charge in [-0.25, -0.2) is 0 Å². The van der Waals surface area contributed by atoms with Gasteiger partial charge in [0.05, 0.1) is 19.1 Å². The monoisotopic (exact) mass is 174 g/mol. The van der Waals surface area contributed by atoms with Crippen molar-refractivity contribution < 1.29 is 19.4 Å². The lowest BCUT2D eigenvalue weighted by Gasteiger charge is -2.29. The second-order valence-corrected chi connectivity index (χ2v) is 3.00. The zero-order valence-electron chi connectivity index (χ0n) is 7.16. The van der Waals surface area contributed by atoms with Gasteiger partial charge in [-0.05, 0) is 6.42 Å². The van der Waals surface area contributed by atoms with Crippen LogP contribution in [0.1, 0.15) is 12.8 Å². The van der Waals surface area contributed by atoms with Crippen molar-refractivity contribution in [2.75, 3.05) is 20.3 Å². The van der Waals surface area contributed by atoms with Gasteiger partial charge in [-0.3, -0.25) is 4.79 Å². The molecule has 4 heteroatoms. The predicted octanol–water partition coefficient (Wildman–Crippen LogP) is 0.513. The number of carboxylic acids is 1. The summed E-state index contributed by atoms with van der Waals surface area (Å²) in [5.41, 5.74) is 0. The molecule has 0 aliphatic carbocycles. The van der Waals surface area contributed by atoms with Gasteiger partial charge in [0.2, 0.25) is 0 Å². The minimum Gasteiger partial charge on any atom is -0.481 e. The highest BCUT2D eigenvalue weighted by Gasteiger charge is 2.27. The Hall–Kier alpha value is -0.610. The average molecular weight is 174 g/mol. The molecule has 12 heavy (non-hydrogen) atoms. The largest absolute Gasteiger partial charge is 0.481 e. The zero-order chi connectivity index (χ0) is 8.97. The first kappa shape index (κ1) is 9.48. The Morgan fingerprint density at radius 2 is 2.50 bits per heavy atom. The first-order valence-electron chi connectivity index (χ1n) is 4.06. The van der Waals surface area contributed by atoms with Gasteiger partial charge in [-0.1, -0.05) is 0 Å². The molecule has 0 amide bonds. The van der Waals surface area contributed by atoms with Crippen LogP contribution in [-0.2, 0) is 14.3 Å². The summed E-state index contributed by atoms with van der Waals surface area (Å²) in [6, 6.07) is 0. The van der Waals surface area contributed by atoms with Crippen molar-refractivity contribution in [1.82, 2.24) is 0 Å². The molecule has 0 saturated carbocycles. The third-order valence-electron chi connectivity index (χ3n) is 2.14. The van der Waals surface area contributed by atoms with Gasteiger partial charge in [0, 0.05) is 19.6 Å². The van der Waals surface area contributed by atoms with E-state index in [1.54, 1.807) is 7.11 Å². The molecule has 2 atom stereocenters. The van der Waals surface area contributed by atoms with Crippen LogP contribution in [0.5, 0.6) is 0 Å². The molecule has 0 radical (unpaired) electrons. The molecule has 4 nitrogen and oxygen atoms in total. The van der Waals surface area contributed by atoms with Gasteiger partial charge in [-0.15, -0.1) is 0 Å². The molecule has 0 spiro atoms. The van der Waals surface area contributed by atoms with E-state index in [0.717, 1.165) is 6.42 Å². The first-order valence-corrected chi connectivity index (χ1v) is 4.06. The summed E-state index contributed by atoms with van der Waals surface area (Å²) in [5.74, 6) is -0.770. The Bertz CT molecular complexity index is 157.